The first-order valence-electron chi connectivity index (χ1n) is 4.74. The Hall–Kier alpha value is -1.33. The second kappa shape index (κ2) is 3.92. The van der Waals surface area contributed by atoms with E-state index in [0.717, 1.165) is 0 Å². The molecular formula is C10H13F3N2O. The molecule has 90 valence electrons. The number of hydrogen-bond acceptors (Lipinski definition) is 2. The van der Waals surface area contributed by atoms with E-state index in [0.29, 0.717) is 4.68 Å². The Balaban J connectivity index is 3.00. The van der Waals surface area contributed by atoms with E-state index in [9.17, 15) is 18.0 Å². The van der Waals surface area contributed by atoms with Crippen molar-refractivity contribution < 1.29 is 18.0 Å². The zero-order valence-electron chi connectivity index (χ0n) is 9.30. The molecule has 0 aliphatic carbocycles. The second-order valence-electron chi connectivity index (χ2n) is 4.57. The summed E-state index contributed by atoms with van der Waals surface area (Å²) in [6.07, 6.45) is -3.18. The van der Waals surface area contributed by atoms with Crippen LogP contribution in [-0.2, 0) is 6.54 Å². The van der Waals surface area contributed by atoms with Gasteiger partial charge in [-0.2, -0.15) is 18.3 Å². The highest BCUT2D eigenvalue weighted by atomic mass is 19.4. The lowest BCUT2D eigenvalue weighted by molar-refractivity contribution is -0.142. The molecule has 1 aromatic rings. The van der Waals surface area contributed by atoms with Crippen molar-refractivity contribution in [1.29, 1.82) is 0 Å². The van der Waals surface area contributed by atoms with Crippen LogP contribution in [0.4, 0.5) is 13.2 Å². The molecule has 16 heavy (non-hydrogen) atoms. The monoisotopic (exact) mass is 234 g/mol. The normalized spacial score (nSPS) is 12.9. The van der Waals surface area contributed by atoms with Gasteiger partial charge in [0.15, 0.2) is 5.78 Å². The summed E-state index contributed by atoms with van der Waals surface area (Å²) in [5.41, 5.74) is -0.728. The summed E-state index contributed by atoms with van der Waals surface area (Å²) >= 11 is 0. The number of carbonyl (C=O) groups excluding carboxylic acids is 1. The van der Waals surface area contributed by atoms with Gasteiger partial charge in [-0.05, 0) is 6.07 Å². The third-order valence-corrected chi connectivity index (χ3v) is 1.96. The van der Waals surface area contributed by atoms with Crippen LogP contribution in [0.25, 0.3) is 0 Å². The van der Waals surface area contributed by atoms with E-state index < -0.39 is 18.1 Å². The Morgan fingerprint density at radius 2 is 1.94 bits per heavy atom. The molecule has 0 fully saturated rings. The molecule has 0 aromatic carbocycles. The van der Waals surface area contributed by atoms with Crippen molar-refractivity contribution in [2.45, 2.75) is 33.5 Å². The van der Waals surface area contributed by atoms with Gasteiger partial charge in [0.2, 0.25) is 0 Å². The third kappa shape index (κ3) is 3.08. The summed E-state index contributed by atoms with van der Waals surface area (Å²) in [7, 11) is 0. The maximum atomic E-state index is 12.2. The van der Waals surface area contributed by atoms with Crippen LogP contribution in [0.3, 0.4) is 0 Å². The van der Waals surface area contributed by atoms with E-state index in [2.05, 4.69) is 5.10 Å². The van der Waals surface area contributed by atoms with Crippen molar-refractivity contribution in [3.63, 3.8) is 0 Å². The van der Waals surface area contributed by atoms with Crippen molar-refractivity contribution in [2.75, 3.05) is 0 Å². The maximum absolute atomic E-state index is 12.2. The fourth-order valence-corrected chi connectivity index (χ4v) is 1.21. The van der Waals surface area contributed by atoms with E-state index in [1.807, 2.05) is 0 Å². The average molecular weight is 234 g/mol. The van der Waals surface area contributed by atoms with Gasteiger partial charge in [0, 0.05) is 11.6 Å². The molecule has 0 amide bonds. The van der Waals surface area contributed by atoms with Crippen molar-refractivity contribution in [2.24, 2.45) is 5.41 Å². The molecule has 1 aromatic heterocycles. The van der Waals surface area contributed by atoms with Crippen LogP contribution in [-0.4, -0.2) is 21.7 Å². The Labute approximate surface area is 91.3 Å². The van der Waals surface area contributed by atoms with Gasteiger partial charge < -0.3 is 0 Å². The summed E-state index contributed by atoms with van der Waals surface area (Å²) in [4.78, 5) is 11.8. The van der Waals surface area contributed by atoms with E-state index in [1.165, 1.54) is 12.3 Å². The van der Waals surface area contributed by atoms with Crippen molar-refractivity contribution in [1.82, 2.24) is 9.78 Å². The van der Waals surface area contributed by atoms with Crippen LogP contribution in [0.1, 0.15) is 31.3 Å². The van der Waals surface area contributed by atoms with Gasteiger partial charge >= 0.3 is 6.18 Å². The molecule has 0 atom stereocenters. The molecule has 0 unspecified atom stereocenters. The van der Waals surface area contributed by atoms with Crippen molar-refractivity contribution >= 4 is 5.78 Å². The molecular weight excluding hydrogens is 221 g/mol. The number of ketones is 1. The molecule has 0 N–H and O–H groups in total. The molecule has 0 aliphatic rings. The lowest BCUT2D eigenvalue weighted by Crippen LogP contribution is -2.27. The number of alkyl halides is 3. The summed E-state index contributed by atoms with van der Waals surface area (Å²) in [6, 6.07) is 1.30. The lowest BCUT2D eigenvalue weighted by Gasteiger charge is -2.17. The predicted octanol–water partition coefficient (Wildman–Crippen LogP) is 2.67. The quantitative estimate of drug-likeness (QED) is 0.737. The van der Waals surface area contributed by atoms with Gasteiger partial charge in [0.1, 0.15) is 12.2 Å². The third-order valence-electron chi connectivity index (χ3n) is 1.96. The number of Topliss-reactive ketones (excluding diaryl/α,β-unsaturated/α-hetero) is 1. The first-order valence-corrected chi connectivity index (χ1v) is 4.74. The highest BCUT2D eigenvalue weighted by Gasteiger charge is 2.32. The van der Waals surface area contributed by atoms with Gasteiger partial charge in [0.05, 0.1) is 0 Å². The largest absolute Gasteiger partial charge is 0.408 e. The first-order chi connectivity index (χ1) is 7.11. The van der Waals surface area contributed by atoms with Crippen molar-refractivity contribution in [3.05, 3.63) is 18.0 Å². The topological polar surface area (TPSA) is 34.9 Å². The van der Waals surface area contributed by atoms with E-state index in [4.69, 9.17) is 0 Å². The van der Waals surface area contributed by atoms with Crippen LogP contribution >= 0.6 is 0 Å². The minimum Gasteiger partial charge on any atom is -0.292 e. The van der Waals surface area contributed by atoms with Gasteiger partial charge in [-0.3, -0.25) is 9.48 Å². The van der Waals surface area contributed by atoms with Gasteiger partial charge in [0.25, 0.3) is 0 Å². The number of halogens is 3. The second-order valence-corrected chi connectivity index (χ2v) is 4.57. The Morgan fingerprint density at radius 1 is 1.38 bits per heavy atom. The van der Waals surface area contributed by atoms with E-state index >= 15 is 0 Å². The van der Waals surface area contributed by atoms with Gasteiger partial charge in [-0.25, -0.2) is 0 Å². The van der Waals surface area contributed by atoms with Crippen LogP contribution in [0.15, 0.2) is 12.3 Å². The molecule has 0 saturated carbocycles. The van der Waals surface area contributed by atoms with Crippen LogP contribution < -0.4 is 0 Å². The summed E-state index contributed by atoms with van der Waals surface area (Å²) < 4.78 is 37.2. The summed E-state index contributed by atoms with van der Waals surface area (Å²) in [5.74, 6) is -0.353. The number of hydrogen-bond donors (Lipinski definition) is 0. The van der Waals surface area contributed by atoms with Gasteiger partial charge in [-0.15, -0.1) is 0 Å². The summed E-state index contributed by atoms with van der Waals surface area (Å²) in [5, 5.41) is 3.51. The molecule has 0 radical (unpaired) electrons. The lowest BCUT2D eigenvalue weighted by atomic mass is 9.89. The highest BCUT2D eigenvalue weighted by molar-refractivity contribution is 5.98. The van der Waals surface area contributed by atoms with Crippen LogP contribution in [0.2, 0.25) is 0 Å². The fraction of sp³-hybridized carbons (Fsp3) is 0.600. The minimum absolute atomic E-state index is 0.00942. The molecule has 3 nitrogen and oxygen atoms in total. The highest BCUT2D eigenvalue weighted by Crippen LogP contribution is 2.23. The molecule has 1 heterocycles. The zero-order chi connectivity index (χ0) is 12.6. The molecule has 6 heteroatoms. The number of aromatic nitrogens is 2. The molecule has 0 bridgehead atoms. The first kappa shape index (κ1) is 12.7. The molecule has 1 rings (SSSR count). The van der Waals surface area contributed by atoms with Gasteiger partial charge in [-0.1, -0.05) is 20.8 Å². The fourth-order valence-electron chi connectivity index (χ4n) is 1.21. The van der Waals surface area contributed by atoms with E-state index in [-0.39, 0.29) is 11.5 Å². The Bertz CT molecular complexity index is 388. The average Bonchev–Trinajstić information content (AvgIpc) is 2.46. The number of rotatable bonds is 2. The SMILES string of the molecule is CC(C)(C)C(=O)c1ccnn1CC(F)(F)F. The minimum atomic E-state index is -4.38. The molecule has 0 aliphatic heterocycles. The Morgan fingerprint density at radius 3 is 2.38 bits per heavy atom. The van der Waals surface area contributed by atoms with Crippen LogP contribution in [0, 0.1) is 5.41 Å². The van der Waals surface area contributed by atoms with E-state index in [1.54, 1.807) is 20.8 Å². The molecule has 0 saturated heterocycles. The standard InChI is InChI=1S/C10H13F3N2O/c1-9(2,3)8(16)7-4-5-14-15(7)6-10(11,12)13/h4-5H,6H2,1-3H3. The predicted molar refractivity (Wildman–Crippen MR) is 52.1 cm³/mol. The Kier molecular flexibility index (Phi) is 3.12. The smallest absolute Gasteiger partial charge is 0.292 e. The zero-order valence-corrected chi connectivity index (χ0v) is 9.30. The number of nitrogens with zero attached hydrogens (tertiary/aromatic N) is 2. The van der Waals surface area contributed by atoms with Crippen LogP contribution in [0.5, 0.6) is 0 Å². The summed E-state index contributed by atoms with van der Waals surface area (Å²) in [6.45, 7) is 3.72. The number of carbonyl (C=O) groups is 1. The maximum Gasteiger partial charge on any atom is 0.408 e. The van der Waals surface area contributed by atoms with Crippen molar-refractivity contribution in [3.8, 4) is 0 Å². The molecule has 0 spiro atoms.